The van der Waals surface area contributed by atoms with Crippen molar-refractivity contribution in [3.63, 3.8) is 0 Å². The molecule has 2 aromatic carbocycles. The van der Waals surface area contributed by atoms with E-state index in [4.69, 9.17) is 12.3 Å². The molecule has 2 aromatic heterocycles. The van der Waals surface area contributed by atoms with E-state index in [1.807, 2.05) is 30.3 Å². The summed E-state index contributed by atoms with van der Waals surface area (Å²) in [4.78, 5) is 4.25. The lowest BCUT2D eigenvalue weighted by Gasteiger charge is -2.00. The second-order valence-electron chi connectivity index (χ2n) is 4.38. The molecule has 18 heavy (non-hydrogen) atoms. The summed E-state index contributed by atoms with van der Waals surface area (Å²) in [5.41, 5.74) is 2.31. The van der Waals surface area contributed by atoms with Gasteiger partial charge in [0.05, 0.1) is 0 Å². The highest BCUT2D eigenvalue weighted by molar-refractivity contribution is 6.33. The van der Waals surface area contributed by atoms with Gasteiger partial charge < -0.3 is 4.42 Å². The minimum Gasteiger partial charge on any atom is -0.437 e. The molecule has 0 amide bonds. The highest BCUT2D eigenvalue weighted by Gasteiger charge is 2.09. The normalized spacial score (nSPS) is 11.6. The molecule has 0 atom stereocenters. The Balaban J connectivity index is 2.28. The lowest BCUT2D eigenvalue weighted by atomic mass is 9.93. The molecule has 0 aliphatic carbocycles. The molecule has 0 fully saturated rings. The number of rotatable bonds is 0. The predicted octanol–water partition coefficient (Wildman–Crippen LogP) is 2.93. The standard InChI is InChI=1S/C15H8BNO/c16-10-4-6-11-9(8-10)3-5-12-13-2-1-7-17-15(13)18-14(11)12/h1-8H. The van der Waals surface area contributed by atoms with Crippen molar-refractivity contribution in [2.75, 3.05) is 0 Å². The first-order chi connectivity index (χ1) is 8.83. The van der Waals surface area contributed by atoms with Crippen LogP contribution in [0.3, 0.4) is 0 Å². The maximum absolute atomic E-state index is 5.85. The van der Waals surface area contributed by atoms with E-state index in [-0.39, 0.29) is 0 Å². The second kappa shape index (κ2) is 3.36. The quantitative estimate of drug-likeness (QED) is 0.433. The third-order valence-corrected chi connectivity index (χ3v) is 3.25. The molecular weight excluding hydrogens is 221 g/mol. The predicted molar refractivity (Wildman–Crippen MR) is 74.4 cm³/mol. The average molecular weight is 229 g/mol. The molecule has 0 N–H and O–H groups in total. The van der Waals surface area contributed by atoms with E-state index in [9.17, 15) is 0 Å². The van der Waals surface area contributed by atoms with Gasteiger partial charge in [-0.1, -0.05) is 29.7 Å². The maximum Gasteiger partial charge on any atom is 0.227 e. The lowest BCUT2D eigenvalue weighted by molar-refractivity contribution is 0.657. The number of aromatic nitrogens is 1. The van der Waals surface area contributed by atoms with Crippen LogP contribution >= 0.6 is 0 Å². The molecule has 82 valence electrons. The number of hydrogen-bond donors (Lipinski definition) is 0. The Hall–Kier alpha value is -2.29. The molecule has 4 rings (SSSR count). The summed E-state index contributed by atoms with van der Waals surface area (Å²) in [5, 5.41) is 4.29. The van der Waals surface area contributed by atoms with Gasteiger partial charge in [0.1, 0.15) is 13.4 Å². The van der Waals surface area contributed by atoms with E-state index in [1.165, 1.54) is 0 Å². The zero-order valence-electron chi connectivity index (χ0n) is 9.55. The van der Waals surface area contributed by atoms with Gasteiger partial charge in [-0.2, -0.15) is 0 Å². The summed E-state index contributed by atoms with van der Waals surface area (Å²) in [6, 6.07) is 13.9. The first-order valence-corrected chi connectivity index (χ1v) is 5.78. The summed E-state index contributed by atoms with van der Waals surface area (Å²) >= 11 is 0. The Morgan fingerprint density at radius 1 is 0.944 bits per heavy atom. The first kappa shape index (κ1) is 9.72. The van der Waals surface area contributed by atoms with Gasteiger partial charge in [-0.05, 0) is 23.6 Å². The Kier molecular flexibility index (Phi) is 1.81. The zero-order chi connectivity index (χ0) is 12.1. The third-order valence-electron chi connectivity index (χ3n) is 3.25. The number of furan rings is 1. The van der Waals surface area contributed by atoms with Crippen molar-refractivity contribution < 1.29 is 4.42 Å². The second-order valence-corrected chi connectivity index (χ2v) is 4.38. The SMILES string of the molecule is [B]c1ccc2c(ccc3c4cccnc4oc23)c1. The Bertz CT molecular complexity index is 895. The fraction of sp³-hybridized carbons (Fsp3) is 0. The van der Waals surface area contributed by atoms with Gasteiger partial charge in [0.15, 0.2) is 0 Å². The topological polar surface area (TPSA) is 26.0 Å². The zero-order valence-corrected chi connectivity index (χ0v) is 9.55. The largest absolute Gasteiger partial charge is 0.437 e. The smallest absolute Gasteiger partial charge is 0.227 e. The summed E-state index contributed by atoms with van der Waals surface area (Å²) in [6.07, 6.45) is 1.74. The first-order valence-electron chi connectivity index (χ1n) is 5.78. The highest BCUT2D eigenvalue weighted by Crippen LogP contribution is 2.32. The van der Waals surface area contributed by atoms with Crippen LogP contribution in [-0.4, -0.2) is 12.8 Å². The molecule has 0 saturated carbocycles. The lowest BCUT2D eigenvalue weighted by Crippen LogP contribution is -1.99. The highest BCUT2D eigenvalue weighted by atomic mass is 16.3. The molecule has 2 radical (unpaired) electrons. The average Bonchev–Trinajstić information content (AvgIpc) is 2.77. The van der Waals surface area contributed by atoms with Crippen LogP contribution in [0.4, 0.5) is 0 Å². The Morgan fingerprint density at radius 2 is 1.83 bits per heavy atom. The fourth-order valence-corrected chi connectivity index (χ4v) is 2.42. The van der Waals surface area contributed by atoms with E-state index in [0.717, 1.165) is 32.6 Å². The van der Waals surface area contributed by atoms with Crippen LogP contribution in [0.5, 0.6) is 0 Å². The van der Waals surface area contributed by atoms with Gasteiger partial charge in [0, 0.05) is 22.4 Å². The molecule has 0 saturated heterocycles. The van der Waals surface area contributed by atoms with Gasteiger partial charge in [-0.25, -0.2) is 4.98 Å². The van der Waals surface area contributed by atoms with Crippen molar-refractivity contribution in [2.45, 2.75) is 0 Å². The molecule has 2 heterocycles. The molecule has 3 heteroatoms. The van der Waals surface area contributed by atoms with Crippen LogP contribution in [0.2, 0.25) is 0 Å². The van der Waals surface area contributed by atoms with Crippen LogP contribution in [-0.2, 0) is 0 Å². The Morgan fingerprint density at radius 3 is 2.78 bits per heavy atom. The van der Waals surface area contributed by atoms with Crippen molar-refractivity contribution >= 4 is 46.2 Å². The van der Waals surface area contributed by atoms with Crippen LogP contribution in [0, 0.1) is 0 Å². The molecule has 0 spiro atoms. The molecule has 2 nitrogen and oxygen atoms in total. The number of benzene rings is 2. The third kappa shape index (κ3) is 1.22. The van der Waals surface area contributed by atoms with Crippen LogP contribution in [0.1, 0.15) is 0 Å². The van der Waals surface area contributed by atoms with Gasteiger partial charge in [0.2, 0.25) is 5.71 Å². The van der Waals surface area contributed by atoms with E-state index in [2.05, 4.69) is 17.1 Å². The molecule has 4 aromatic rings. The molecule has 0 bridgehead atoms. The van der Waals surface area contributed by atoms with E-state index in [0.29, 0.717) is 5.71 Å². The summed E-state index contributed by atoms with van der Waals surface area (Å²) in [7, 11) is 5.80. The van der Waals surface area contributed by atoms with Crippen molar-refractivity contribution in [3.8, 4) is 0 Å². The van der Waals surface area contributed by atoms with Crippen LogP contribution < -0.4 is 5.46 Å². The molecule has 0 aliphatic rings. The van der Waals surface area contributed by atoms with Crippen molar-refractivity contribution in [2.24, 2.45) is 0 Å². The molecule has 0 unspecified atom stereocenters. The maximum atomic E-state index is 5.85. The molecular formula is C15H8BNO. The molecule has 0 aliphatic heterocycles. The summed E-state index contributed by atoms with van der Waals surface area (Å²) in [6.45, 7) is 0. The summed E-state index contributed by atoms with van der Waals surface area (Å²) in [5.74, 6) is 0. The van der Waals surface area contributed by atoms with E-state index in [1.54, 1.807) is 6.20 Å². The van der Waals surface area contributed by atoms with Crippen LogP contribution in [0.25, 0.3) is 32.8 Å². The van der Waals surface area contributed by atoms with E-state index < -0.39 is 0 Å². The number of hydrogen-bond acceptors (Lipinski definition) is 2. The van der Waals surface area contributed by atoms with Gasteiger partial charge in [-0.3, -0.25) is 0 Å². The minimum absolute atomic E-state index is 0.678. The number of fused-ring (bicyclic) bond motifs is 5. The fourth-order valence-electron chi connectivity index (χ4n) is 2.42. The number of pyridine rings is 1. The van der Waals surface area contributed by atoms with Crippen LogP contribution in [0.15, 0.2) is 53.1 Å². The van der Waals surface area contributed by atoms with Crippen molar-refractivity contribution in [3.05, 3.63) is 48.7 Å². The monoisotopic (exact) mass is 229 g/mol. The number of nitrogens with zero attached hydrogens (tertiary/aromatic N) is 1. The van der Waals surface area contributed by atoms with E-state index >= 15 is 0 Å². The van der Waals surface area contributed by atoms with Gasteiger partial charge >= 0.3 is 0 Å². The van der Waals surface area contributed by atoms with Crippen molar-refractivity contribution in [1.29, 1.82) is 0 Å². The van der Waals surface area contributed by atoms with Crippen molar-refractivity contribution in [1.82, 2.24) is 4.98 Å². The Labute approximate surface area is 105 Å². The summed E-state index contributed by atoms with van der Waals surface area (Å²) < 4.78 is 5.85. The van der Waals surface area contributed by atoms with Gasteiger partial charge in [-0.15, -0.1) is 0 Å². The minimum atomic E-state index is 0.678. The van der Waals surface area contributed by atoms with Gasteiger partial charge in [0.25, 0.3) is 0 Å².